The summed E-state index contributed by atoms with van der Waals surface area (Å²) in [6.45, 7) is 9.00. The van der Waals surface area contributed by atoms with Gasteiger partial charge in [-0.2, -0.15) is 0 Å². The van der Waals surface area contributed by atoms with Crippen molar-refractivity contribution in [2.45, 2.75) is 27.2 Å². The van der Waals surface area contributed by atoms with Crippen molar-refractivity contribution in [3.63, 3.8) is 0 Å². The van der Waals surface area contributed by atoms with Crippen LogP contribution in [0.4, 0.5) is 0 Å². The maximum Gasteiger partial charge on any atom is 0.190 e. The standard InChI is InChI=1S/C10H21N3/c1-10(2,3)8-5-6-13(7-8)9(11)12-4/h8H,5-7H2,1-4H3,(H2,11,12). The highest BCUT2D eigenvalue weighted by Gasteiger charge is 2.32. The van der Waals surface area contributed by atoms with E-state index in [0.717, 1.165) is 19.0 Å². The average molecular weight is 183 g/mol. The van der Waals surface area contributed by atoms with Gasteiger partial charge in [-0.05, 0) is 17.8 Å². The van der Waals surface area contributed by atoms with Crippen molar-refractivity contribution in [1.82, 2.24) is 4.90 Å². The van der Waals surface area contributed by atoms with Crippen molar-refractivity contribution in [3.05, 3.63) is 0 Å². The third-order valence-electron chi connectivity index (χ3n) is 2.97. The fraction of sp³-hybridized carbons (Fsp3) is 0.900. The average Bonchev–Trinajstić information content (AvgIpc) is 2.50. The molecule has 0 aromatic heterocycles. The molecular formula is C10H21N3. The molecule has 76 valence electrons. The predicted octanol–water partition coefficient (Wildman–Crippen LogP) is 1.30. The lowest BCUT2D eigenvalue weighted by Crippen LogP contribution is -2.36. The van der Waals surface area contributed by atoms with Crippen LogP contribution in [-0.2, 0) is 0 Å². The van der Waals surface area contributed by atoms with Crippen LogP contribution in [0, 0.1) is 11.3 Å². The van der Waals surface area contributed by atoms with E-state index >= 15 is 0 Å². The fourth-order valence-electron chi connectivity index (χ4n) is 1.82. The fourth-order valence-corrected chi connectivity index (χ4v) is 1.82. The smallest absolute Gasteiger partial charge is 0.190 e. The van der Waals surface area contributed by atoms with Crippen molar-refractivity contribution in [3.8, 4) is 0 Å². The number of likely N-dealkylation sites (tertiary alicyclic amines) is 1. The summed E-state index contributed by atoms with van der Waals surface area (Å²) in [7, 11) is 1.75. The molecule has 1 saturated heterocycles. The molecule has 1 heterocycles. The number of aliphatic imine (C=N–C) groups is 1. The molecule has 0 aromatic rings. The number of rotatable bonds is 0. The summed E-state index contributed by atoms with van der Waals surface area (Å²) in [5.41, 5.74) is 6.15. The van der Waals surface area contributed by atoms with Gasteiger partial charge in [0.25, 0.3) is 0 Å². The maximum atomic E-state index is 5.76. The van der Waals surface area contributed by atoms with Crippen molar-refractivity contribution in [1.29, 1.82) is 0 Å². The summed E-state index contributed by atoms with van der Waals surface area (Å²) in [5.74, 6) is 1.43. The van der Waals surface area contributed by atoms with Gasteiger partial charge < -0.3 is 10.6 Å². The van der Waals surface area contributed by atoms with Gasteiger partial charge >= 0.3 is 0 Å². The van der Waals surface area contributed by atoms with Gasteiger partial charge in [0.1, 0.15) is 0 Å². The Kier molecular flexibility index (Phi) is 2.84. The molecule has 0 bridgehead atoms. The Morgan fingerprint density at radius 2 is 2.08 bits per heavy atom. The highest BCUT2D eigenvalue weighted by atomic mass is 15.3. The van der Waals surface area contributed by atoms with E-state index in [4.69, 9.17) is 5.73 Å². The molecule has 3 heteroatoms. The Morgan fingerprint density at radius 1 is 1.46 bits per heavy atom. The van der Waals surface area contributed by atoms with Gasteiger partial charge in [0.05, 0.1) is 0 Å². The molecule has 13 heavy (non-hydrogen) atoms. The SMILES string of the molecule is CN=C(N)N1CCC(C(C)(C)C)C1. The third kappa shape index (κ3) is 2.36. The first-order chi connectivity index (χ1) is 5.95. The molecule has 1 fully saturated rings. The quantitative estimate of drug-likeness (QED) is 0.454. The summed E-state index contributed by atoms with van der Waals surface area (Å²) in [5, 5.41) is 0. The monoisotopic (exact) mass is 183 g/mol. The van der Waals surface area contributed by atoms with Crippen LogP contribution in [0.25, 0.3) is 0 Å². The lowest BCUT2D eigenvalue weighted by Gasteiger charge is -2.27. The Balaban J connectivity index is 2.55. The highest BCUT2D eigenvalue weighted by molar-refractivity contribution is 5.78. The third-order valence-corrected chi connectivity index (χ3v) is 2.97. The Morgan fingerprint density at radius 3 is 2.46 bits per heavy atom. The van der Waals surface area contributed by atoms with E-state index < -0.39 is 0 Å². The second-order valence-electron chi connectivity index (χ2n) is 4.88. The lowest BCUT2D eigenvalue weighted by atomic mass is 9.80. The summed E-state index contributed by atoms with van der Waals surface area (Å²) in [6.07, 6.45) is 1.24. The van der Waals surface area contributed by atoms with Crippen LogP contribution in [0.5, 0.6) is 0 Å². The number of nitrogens with zero attached hydrogens (tertiary/aromatic N) is 2. The van der Waals surface area contributed by atoms with Crippen LogP contribution < -0.4 is 5.73 Å². The first-order valence-corrected chi connectivity index (χ1v) is 4.92. The van der Waals surface area contributed by atoms with E-state index in [1.807, 2.05) is 0 Å². The first kappa shape index (κ1) is 10.4. The Bertz CT molecular complexity index is 203. The molecule has 1 rings (SSSR count). The molecular weight excluding hydrogens is 162 g/mol. The molecule has 2 N–H and O–H groups in total. The summed E-state index contributed by atoms with van der Waals surface area (Å²) in [6, 6.07) is 0. The topological polar surface area (TPSA) is 41.6 Å². The van der Waals surface area contributed by atoms with Crippen LogP contribution in [0.2, 0.25) is 0 Å². The first-order valence-electron chi connectivity index (χ1n) is 4.92. The van der Waals surface area contributed by atoms with Crippen LogP contribution in [-0.4, -0.2) is 31.0 Å². The predicted molar refractivity (Wildman–Crippen MR) is 56.7 cm³/mol. The van der Waals surface area contributed by atoms with E-state index in [1.54, 1.807) is 7.05 Å². The van der Waals surface area contributed by atoms with Gasteiger partial charge in [-0.15, -0.1) is 0 Å². The maximum absolute atomic E-state index is 5.76. The van der Waals surface area contributed by atoms with Crippen molar-refractivity contribution < 1.29 is 0 Å². The second kappa shape index (κ2) is 3.56. The van der Waals surface area contributed by atoms with E-state index in [-0.39, 0.29) is 0 Å². The van der Waals surface area contributed by atoms with Gasteiger partial charge in [-0.25, -0.2) is 0 Å². The molecule has 1 aliphatic heterocycles. The minimum atomic E-state index is 0.392. The minimum absolute atomic E-state index is 0.392. The van der Waals surface area contributed by atoms with Gasteiger partial charge in [0.15, 0.2) is 5.96 Å². The van der Waals surface area contributed by atoms with Crippen molar-refractivity contribution in [2.75, 3.05) is 20.1 Å². The molecule has 3 nitrogen and oxygen atoms in total. The zero-order chi connectivity index (χ0) is 10.1. The normalized spacial score (nSPS) is 25.4. The molecule has 1 atom stereocenters. The van der Waals surface area contributed by atoms with Crippen LogP contribution >= 0.6 is 0 Å². The Labute approximate surface area is 81.0 Å². The summed E-state index contributed by atoms with van der Waals surface area (Å²) in [4.78, 5) is 6.18. The Hall–Kier alpha value is -0.730. The minimum Gasteiger partial charge on any atom is -0.370 e. The van der Waals surface area contributed by atoms with Gasteiger partial charge in [0, 0.05) is 20.1 Å². The van der Waals surface area contributed by atoms with Crippen molar-refractivity contribution in [2.24, 2.45) is 22.1 Å². The van der Waals surface area contributed by atoms with Gasteiger partial charge in [0.2, 0.25) is 0 Å². The molecule has 1 aliphatic rings. The summed E-state index contributed by atoms with van der Waals surface area (Å²) < 4.78 is 0. The van der Waals surface area contributed by atoms with E-state index in [1.165, 1.54) is 6.42 Å². The lowest BCUT2D eigenvalue weighted by molar-refractivity contribution is 0.250. The van der Waals surface area contributed by atoms with Crippen molar-refractivity contribution >= 4 is 5.96 Å². The molecule has 0 spiro atoms. The van der Waals surface area contributed by atoms with E-state index in [0.29, 0.717) is 11.4 Å². The largest absolute Gasteiger partial charge is 0.370 e. The van der Waals surface area contributed by atoms with Crippen LogP contribution in [0.15, 0.2) is 4.99 Å². The van der Waals surface area contributed by atoms with Gasteiger partial charge in [-0.1, -0.05) is 20.8 Å². The van der Waals surface area contributed by atoms with E-state index in [2.05, 4.69) is 30.7 Å². The number of guanidine groups is 1. The number of hydrogen-bond donors (Lipinski definition) is 1. The highest BCUT2D eigenvalue weighted by Crippen LogP contribution is 2.33. The molecule has 0 aliphatic carbocycles. The number of nitrogens with two attached hydrogens (primary N) is 1. The van der Waals surface area contributed by atoms with Gasteiger partial charge in [-0.3, -0.25) is 4.99 Å². The molecule has 1 unspecified atom stereocenters. The zero-order valence-corrected chi connectivity index (χ0v) is 9.17. The van der Waals surface area contributed by atoms with Crippen LogP contribution in [0.1, 0.15) is 27.2 Å². The van der Waals surface area contributed by atoms with Crippen LogP contribution in [0.3, 0.4) is 0 Å². The number of hydrogen-bond acceptors (Lipinski definition) is 1. The second-order valence-corrected chi connectivity index (χ2v) is 4.88. The molecule has 0 saturated carbocycles. The molecule has 0 amide bonds. The summed E-state index contributed by atoms with van der Waals surface area (Å²) >= 11 is 0. The van der Waals surface area contributed by atoms with E-state index in [9.17, 15) is 0 Å². The zero-order valence-electron chi connectivity index (χ0n) is 9.17. The molecule has 0 aromatic carbocycles. The molecule has 0 radical (unpaired) electrons.